The zero-order valence-corrected chi connectivity index (χ0v) is 15.9. The molecule has 0 aliphatic heterocycles. The predicted molar refractivity (Wildman–Crippen MR) is 117 cm³/mol. The fourth-order valence-electron chi connectivity index (χ4n) is 3.39. The summed E-state index contributed by atoms with van der Waals surface area (Å²) < 4.78 is 5.89. The summed E-state index contributed by atoms with van der Waals surface area (Å²) in [5, 5.41) is 17.4. The van der Waals surface area contributed by atoms with Gasteiger partial charge in [0.2, 0.25) is 0 Å². The molecule has 6 nitrogen and oxygen atoms in total. The normalized spacial score (nSPS) is 10.9. The van der Waals surface area contributed by atoms with Crippen LogP contribution in [0.2, 0.25) is 0 Å². The maximum Gasteiger partial charge on any atom is 0.158 e. The summed E-state index contributed by atoms with van der Waals surface area (Å²) >= 11 is 0. The van der Waals surface area contributed by atoms with Gasteiger partial charge in [-0.1, -0.05) is 30.3 Å². The monoisotopic (exact) mass is 394 g/mol. The molecule has 0 bridgehead atoms. The van der Waals surface area contributed by atoms with Gasteiger partial charge in [0.25, 0.3) is 0 Å². The van der Waals surface area contributed by atoms with E-state index in [2.05, 4.69) is 15.2 Å². The van der Waals surface area contributed by atoms with Crippen LogP contribution < -0.4 is 10.5 Å². The molecule has 4 N–H and O–H groups in total. The summed E-state index contributed by atoms with van der Waals surface area (Å²) in [7, 11) is 0. The summed E-state index contributed by atoms with van der Waals surface area (Å²) in [6.07, 6.45) is 0. The number of nitrogens with one attached hydrogen (secondary N) is 1. The van der Waals surface area contributed by atoms with Gasteiger partial charge in [-0.3, -0.25) is 5.10 Å². The Labute approximate surface area is 172 Å². The number of nitrogens with two attached hydrogens (primary N) is 1. The number of pyridine rings is 1. The Morgan fingerprint density at radius 1 is 0.800 bits per heavy atom. The molecule has 146 valence electrons. The molecule has 0 aliphatic carbocycles. The second kappa shape index (κ2) is 7.25. The number of ether oxygens (including phenoxy) is 1. The summed E-state index contributed by atoms with van der Waals surface area (Å²) in [6.45, 7) is 0. The van der Waals surface area contributed by atoms with Gasteiger partial charge in [0.05, 0.1) is 11.1 Å². The van der Waals surface area contributed by atoms with Gasteiger partial charge >= 0.3 is 0 Å². The number of hydrogen-bond acceptors (Lipinski definition) is 5. The van der Waals surface area contributed by atoms with Gasteiger partial charge in [0.1, 0.15) is 17.2 Å². The number of anilines is 1. The second-order valence-corrected chi connectivity index (χ2v) is 6.87. The van der Waals surface area contributed by atoms with Gasteiger partial charge in [-0.25, -0.2) is 4.98 Å². The maximum absolute atomic E-state index is 9.58. The average Bonchev–Trinajstić information content (AvgIpc) is 3.16. The van der Waals surface area contributed by atoms with Gasteiger partial charge in [-0.05, 0) is 65.7 Å². The number of phenols is 1. The average molecular weight is 394 g/mol. The summed E-state index contributed by atoms with van der Waals surface area (Å²) in [5.74, 6) is 2.13. The van der Waals surface area contributed by atoms with Crippen molar-refractivity contribution in [2.75, 3.05) is 5.73 Å². The quantitative estimate of drug-likeness (QED) is 0.381. The highest BCUT2D eigenvalue weighted by molar-refractivity contribution is 6.01. The van der Waals surface area contributed by atoms with Crippen LogP contribution in [0.15, 0.2) is 84.9 Å². The lowest BCUT2D eigenvalue weighted by molar-refractivity contribution is 0.475. The largest absolute Gasteiger partial charge is 0.508 e. The van der Waals surface area contributed by atoms with Crippen LogP contribution >= 0.6 is 0 Å². The molecule has 5 rings (SSSR count). The number of aromatic amines is 1. The zero-order chi connectivity index (χ0) is 20.5. The first-order valence-electron chi connectivity index (χ1n) is 9.45. The number of aromatic nitrogens is 3. The number of rotatable bonds is 4. The fraction of sp³-hybridized carbons (Fsp3) is 0. The molecule has 0 aliphatic rings. The minimum absolute atomic E-state index is 0.208. The number of nitrogens with zero attached hydrogens (tertiary/aromatic N) is 2. The minimum atomic E-state index is 0.208. The summed E-state index contributed by atoms with van der Waals surface area (Å²) in [5.41, 5.74) is 10.2. The molecule has 6 heteroatoms. The van der Waals surface area contributed by atoms with Crippen molar-refractivity contribution < 1.29 is 9.84 Å². The van der Waals surface area contributed by atoms with Gasteiger partial charge in [0.15, 0.2) is 11.5 Å². The van der Waals surface area contributed by atoms with Crippen molar-refractivity contribution in [2.45, 2.75) is 0 Å². The van der Waals surface area contributed by atoms with Crippen molar-refractivity contribution in [3.8, 4) is 39.6 Å². The number of H-pyrrole nitrogens is 1. The molecule has 0 amide bonds. The Balaban J connectivity index is 1.57. The Morgan fingerprint density at radius 2 is 1.47 bits per heavy atom. The lowest BCUT2D eigenvalue weighted by Crippen LogP contribution is -1.91. The van der Waals surface area contributed by atoms with Crippen LogP contribution in [-0.4, -0.2) is 20.3 Å². The number of phenolic OH excluding ortho intramolecular Hbond substituents is 1. The third-order valence-electron chi connectivity index (χ3n) is 4.87. The molecule has 0 spiro atoms. The summed E-state index contributed by atoms with van der Waals surface area (Å²) in [6, 6.07) is 26.4. The predicted octanol–water partition coefficient (Wildman–Crippen LogP) is 5.37. The molecule has 0 saturated carbocycles. The standard InChI is InChI=1S/C24H18N4O2/c25-23-22-20(15-8-12-19(13-9-15)30-18-4-2-1-3-5-18)14-21(26-24(22)28-27-23)16-6-10-17(29)11-7-16/h1-14,29H,(H3,25,26,27,28). The molecule has 0 fully saturated rings. The van der Waals surface area contributed by atoms with Crippen molar-refractivity contribution in [3.63, 3.8) is 0 Å². The highest BCUT2D eigenvalue weighted by Gasteiger charge is 2.14. The van der Waals surface area contributed by atoms with E-state index in [9.17, 15) is 5.11 Å². The number of nitrogen functional groups attached to an aromatic ring is 1. The molecule has 0 saturated heterocycles. The first kappa shape index (κ1) is 17.8. The number of hydrogen-bond donors (Lipinski definition) is 3. The van der Waals surface area contributed by atoms with Crippen LogP contribution in [-0.2, 0) is 0 Å². The van der Waals surface area contributed by atoms with Crippen molar-refractivity contribution in [1.29, 1.82) is 0 Å². The Bertz CT molecular complexity index is 1310. The number of aromatic hydroxyl groups is 1. The van der Waals surface area contributed by atoms with Crippen molar-refractivity contribution in [2.24, 2.45) is 0 Å². The highest BCUT2D eigenvalue weighted by atomic mass is 16.5. The van der Waals surface area contributed by atoms with E-state index in [0.29, 0.717) is 11.5 Å². The lowest BCUT2D eigenvalue weighted by Gasteiger charge is -2.10. The SMILES string of the molecule is Nc1n[nH]c2nc(-c3ccc(O)cc3)cc(-c3ccc(Oc4ccccc4)cc3)c12. The van der Waals surface area contributed by atoms with Crippen LogP contribution in [0.5, 0.6) is 17.2 Å². The van der Waals surface area contributed by atoms with E-state index in [1.165, 1.54) is 0 Å². The Morgan fingerprint density at radius 3 is 2.20 bits per heavy atom. The van der Waals surface area contributed by atoms with E-state index in [1.54, 1.807) is 12.1 Å². The highest BCUT2D eigenvalue weighted by Crippen LogP contribution is 2.35. The summed E-state index contributed by atoms with van der Waals surface area (Å²) in [4.78, 5) is 4.65. The molecule has 3 aromatic carbocycles. The fourth-order valence-corrected chi connectivity index (χ4v) is 3.39. The number of benzene rings is 3. The smallest absolute Gasteiger partial charge is 0.158 e. The van der Waals surface area contributed by atoms with Gasteiger partial charge in [-0.15, -0.1) is 0 Å². The van der Waals surface area contributed by atoms with Crippen LogP contribution in [0.4, 0.5) is 5.82 Å². The lowest BCUT2D eigenvalue weighted by atomic mass is 10.00. The van der Waals surface area contributed by atoms with Crippen molar-refractivity contribution >= 4 is 16.9 Å². The first-order valence-corrected chi connectivity index (χ1v) is 9.45. The second-order valence-electron chi connectivity index (χ2n) is 6.87. The third kappa shape index (κ3) is 3.31. The Kier molecular flexibility index (Phi) is 4.29. The molecule has 0 unspecified atom stereocenters. The van der Waals surface area contributed by atoms with E-state index in [4.69, 9.17) is 10.5 Å². The Hall–Kier alpha value is -4.32. The van der Waals surface area contributed by atoms with E-state index >= 15 is 0 Å². The molecular formula is C24H18N4O2. The van der Waals surface area contributed by atoms with Crippen LogP contribution in [0.3, 0.4) is 0 Å². The minimum Gasteiger partial charge on any atom is -0.508 e. The molecule has 5 aromatic rings. The van der Waals surface area contributed by atoms with Crippen molar-refractivity contribution in [3.05, 3.63) is 84.9 Å². The van der Waals surface area contributed by atoms with E-state index < -0.39 is 0 Å². The number of fused-ring (bicyclic) bond motifs is 1. The van der Waals surface area contributed by atoms with Gasteiger partial charge in [-0.2, -0.15) is 5.10 Å². The topological polar surface area (TPSA) is 97.1 Å². The van der Waals surface area contributed by atoms with Crippen LogP contribution in [0.1, 0.15) is 0 Å². The van der Waals surface area contributed by atoms with Crippen LogP contribution in [0.25, 0.3) is 33.4 Å². The van der Waals surface area contributed by atoms with Crippen LogP contribution in [0, 0.1) is 0 Å². The first-order chi connectivity index (χ1) is 14.7. The van der Waals surface area contributed by atoms with E-state index in [-0.39, 0.29) is 5.75 Å². The third-order valence-corrected chi connectivity index (χ3v) is 4.87. The van der Waals surface area contributed by atoms with Crippen molar-refractivity contribution in [1.82, 2.24) is 15.2 Å². The zero-order valence-electron chi connectivity index (χ0n) is 15.9. The van der Waals surface area contributed by atoms with Gasteiger partial charge in [0, 0.05) is 5.56 Å². The molecule has 0 atom stereocenters. The molecule has 2 heterocycles. The molecule has 30 heavy (non-hydrogen) atoms. The van der Waals surface area contributed by atoms with Gasteiger partial charge < -0.3 is 15.6 Å². The van der Waals surface area contributed by atoms with E-state index in [1.807, 2.05) is 72.8 Å². The maximum atomic E-state index is 9.58. The molecule has 2 aromatic heterocycles. The molecule has 0 radical (unpaired) electrons. The van der Waals surface area contributed by atoms with E-state index in [0.717, 1.165) is 39.3 Å². The molecular weight excluding hydrogens is 376 g/mol. The number of para-hydroxylation sites is 1.